The summed E-state index contributed by atoms with van der Waals surface area (Å²) in [5, 5.41) is 2.94. The molecule has 86 valence electrons. The Morgan fingerprint density at radius 1 is 1.38 bits per heavy atom. The highest BCUT2D eigenvalue weighted by molar-refractivity contribution is 5.79. The first-order chi connectivity index (χ1) is 7.55. The van der Waals surface area contributed by atoms with Crippen LogP contribution in [-0.4, -0.2) is 5.91 Å². The SMILES string of the molecule is CC(C)C(=O)NC1(c2ccccc2F)CC1. The molecule has 0 saturated heterocycles. The van der Waals surface area contributed by atoms with Crippen molar-refractivity contribution in [2.45, 2.75) is 32.2 Å². The second-order valence-corrected chi connectivity index (χ2v) is 4.71. The first-order valence-corrected chi connectivity index (χ1v) is 5.62. The van der Waals surface area contributed by atoms with E-state index in [-0.39, 0.29) is 17.6 Å². The molecule has 0 bridgehead atoms. The molecule has 1 fully saturated rings. The molecule has 0 unspecified atom stereocenters. The number of hydrogen-bond donors (Lipinski definition) is 1. The molecule has 2 rings (SSSR count). The summed E-state index contributed by atoms with van der Waals surface area (Å²) in [4.78, 5) is 11.6. The topological polar surface area (TPSA) is 29.1 Å². The van der Waals surface area contributed by atoms with Crippen molar-refractivity contribution in [3.63, 3.8) is 0 Å². The minimum atomic E-state index is -0.438. The lowest BCUT2D eigenvalue weighted by molar-refractivity contribution is -0.125. The van der Waals surface area contributed by atoms with Crippen LogP contribution in [0.25, 0.3) is 0 Å². The third-order valence-electron chi connectivity index (χ3n) is 3.03. The van der Waals surface area contributed by atoms with Crippen molar-refractivity contribution in [2.24, 2.45) is 5.92 Å². The van der Waals surface area contributed by atoms with Gasteiger partial charge in [-0.25, -0.2) is 4.39 Å². The predicted molar refractivity (Wildman–Crippen MR) is 60.3 cm³/mol. The molecule has 1 aliphatic carbocycles. The Kier molecular flexibility index (Phi) is 2.70. The average molecular weight is 221 g/mol. The number of halogens is 1. The van der Waals surface area contributed by atoms with Crippen molar-refractivity contribution in [3.05, 3.63) is 35.6 Å². The largest absolute Gasteiger partial charge is 0.346 e. The zero-order valence-electron chi connectivity index (χ0n) is 9.59. The van der Waals surface area contributed by atoms with Gasteiger partial charge in [0.1, 0.15) is 5.82 Å². The van der Waals surface area contributed by atoms with Gasteiger partial charge in [0.05, 0.1) is 5.54 Å². The molecular formula is C13H16FNO. The molecule has 0 spiro atoms. The van der Waals surface area contributed by atoms with Crippen LogP contribution in [0.2, 0.25) is 0 Å². The van der Waals surface area contributed by atoms with Crippen molar-refractivity contribution in [1.29, 1.82) is 0 Å². The minimum Gasteiger partial charge on any atom is -0.346 e. The molecule has 0 atom stereocenters. The van der Waals surface area contributed by atoms with Crippen LogP contribution in [0.1, 0.15) is 32.3 Å². The molecule has 3 heteroatoms. The minimum absolute atomic E-state index is 0.0132. The Morgan fingerprint density at radius 2 is 2.00 bits per heavy atom. The van der Waals surface area contributed by atoms with Crippen molar-refractivity contribution >= 4 is 5.91 Å². The lowest BCUT2D eigenvalue weighted by Crippen LogP contribution is -2.38. The van der Waals surface area contributed by atoms with Crippen molar-refractivity contribution in [3.8, 4) is 0 Å². The predicted octanol–water partition coefficient (Wildman–Crippen LogP) is 2.59. The van der Waals surface area contributed by atoms with Gasteiger partial charge in [0.15, 0.2) is 0 Å². The molecule has 0 aromatic heterocycles. The summed E-state index contributed by atoms with van der Waals surface area (Å²) in [6, 6.07) is 6.67. The van der Waals surface area contributed by atoms with E-state index in [1.54, 1.807) is 18.2 Å². The summed E-state index contributed by atoms with van der Waals surface area (Å²) in [5.41, 5.74) is 0.177. The normalized spacial score (nSPS) is 17.2. The number of hydrogen-bond acceptors (Lipinski definition) is 1. The van der Waals surface area contributed by atoms with Gasteiger partial charge in [-0.1, -0.05) is 32.0 Å². The van der Waals surface area contributed by atoms with Gasteiger partial charge in [0, 0.05) is 11.5 Å². The van der Waals surface area contributed by atoms with Crippen LogP contribution in [0, 0.1) is 11.7 Å². The van der Waals surface area contributed by atoms with Gasteiger partial charge in [-0.2, -0.15) is 0 Å². The second-order valence-electron chi connectivity index (χ2n) is 4.71. The summed E-state index contributed by atoms with van der Waals surface area (Å²) in [5.74, 6) is -0.311. The van der Waals surface area contributed by atoms with E-state index in [0.29, 0.717) is 5.56 Å². The van der Waals surface area contributed by atoms with Crippen molar-refractivity contribution < 1.29 is 9.18 Å². The van der Waals surface area contributed by atoms with Gasteiger partial charge in [-0.15, -0.1) is 0 Å². The fraction of sp³-hybridized carbons (Fsp3) is 0.462. The number of carbonyl (C=O) groups excluding carboxylic acids is 1. The molecule has 16 heavy (non-hydrogen) atoms. The molecule has 1 amide bonds. The quantitative estimate of drug-likeness (QED) is 0.835. The zero-order valence-corrected chi connectivity index (χ0v) is 9.59. The molecule has 0 aliphatic heterocycles. The van der Waals surface area contributed by atoms with E-state index in [1.165, 1.54) is 6.07 Å². The van der Waals surface area contributed by atoms with Crippen LogP contribution in [0.15, 0.2) is 24.3 Å². The molecule has 1 aromatic carbocycles. The Labute approximate surface area is 94.9 Å². The molecule has 0 radical (unpaired) electrons. The van der Waals surface area contributed by atoms with Crippen LogP contribution in [-0.2, 0) is 10.3 Å². The molecule has 1 aromatic rings. The van der Waals surface area contributed by atoms with Crippen molar-refractivity contribution in [2.75, 3.05) is 0 Å². The third kappa shape index (κ3) is 1.94. The van der Waals surface area contributed by atoms with Gasteiger partial charge >= 0.3 is 0 Å². The first-order valence-electron chi connectivity index (χ1n) is 5.62. The van der Waals surface area contributed by atoms with Crippen molar-refractivity contribution in [1.82, 2.24) is 5.32 Å². The van der Waals surface area contributed by atoms with E-state index < -0.39 is 5.54 Å². The summed E-state index contributed by atoms with van der Waals surface area (Å²) in [6.07, 6.45) is 1.65. The van der Waals surface area contributed by atoms with Crippen LogP contribution < -0.4 is 5.32 Å². The number of nitrogens with one attached hydrogen (secondary N) is 1. The number of amides is 1. The van der Waals surface area contributed by atoms with E-state index >= 15 is 0 Å². The summed E-state index contributed by atoms with van der Waals surface area (Å²) in [6.45, 7) is 3.68. The van der Waals surface area contributed by atoms with E-state index in [4.69, 9.17) is 0 Å². The highest BCUT2D eigenvalue weighted by Gasteiger charge is 2.47. The van der Waals surface area contributed by atoms with Crippen LogP contribution >= 0.6 is 0 Å². The standard InChI is InChI=1S/C13H16FNO/c1-9(2)12(16)15-13(7-8-13)10-5-3-4-6-11(10)14/h3-6,9H,7-8H2,1-2H3,(H,15,16). The summed E-state index contributed by atoms with van der Waals surface area (Å²) < 4.78 is 13.6. The van der Waals surface area contributed by atoms with Gasteiger partial charge in [0.25, 0.3) is 0 Å². The Bertz CT molecular complexity index is 410. The molecular weight excluding hydrogens is 205 g/mol. The zero-order chi connectivity index (χ0) is 11.8. The maximum Gasteiger partial charge on any atom is 0.223 e. The van der Waals surface area contributed by atoms with E-state index in [1.807, 2.05) is 13.8 Å². The number of carbonyl (C=O) groups is 1. The van der Waals surface area contributed by atoms with Crippen LogP contribution in [0.5, 0.6) is 0 Å². The highest BCUT2D eigenvalue weighted by Crippen LogP contribution is 2.46. The van der Waals surface area contributed by atoms with Gasteiger partial charge in [-0.3, -0.25) is 4.79 Å². The second kappa shape index (κ2) is 3.89. The molecule has 1 N–H and O–H groups in total. The number of rotatable bonds is 3. The molecule has 2 nitrogen and oxygen atoms in total. The molecule has 1 aliphatic rings. The lowest BCUT2D eigenvalue weighted by Gasteiger charge is -2.19. The Balaban J connectivity index is 2.21. The first kappa shape index (κ1) is 11.1. The lowest BCUT2D eigenvalue weighted by atomic mass is 10.0. The van der Waals surface area contributed by atoms with Crippen LogP contribution in [0.4, 0.5) is 4.39 Å². The number of benzene rings is 1. The van der Waals surface area contributed by atoms with E-state index in [2.05, 4.69) is 5.32 Å². The Morgan fingerprint density at radius 3 is 2.50 bits per heavy atom. The fourth-order valence-corrected chi connectivity index (χ4v) is 1.82. The monoisotopic (exact) mass is 221 g/mol. The fourth-order valence-electron chi connectivity index (χ4n) is 1.82. The Hall–Kier alpha value is -1.38. The summed E-state index contributed by atoms with van der Waals surface area (Å²) >= 11 is 0. The highest BCUT2D eigenvalue weighted by atomic mass is 19.1. The molecule has 1 saturated carbocycles. The van der Waals surface area contributed by atoms with Gasteiger partial charge in [-0.05, 0) is 18.9 Å². The van der Waals surface area contributed by atoms with E-state index in [9.17, 15) is 9.18 Å². The van der Waals surface area contributed by atoms with Gasteiger partial charge in [0.2, 0.25) is 5.91 Å². The third-order valence-corrected chi connectivity index (χ3v) is 3.03. The molecule has 0 heterocycles. The smallest absolute Gasteiger partial charge is 0.223 e. The average Bonchev–Trinajstić information content (AvgIpc) is 2.99. The maximum absolute atomic E-state index is 13.6. The van der Waals surface area contributed by atoms with Crippen LogP contribution in [0.3, 0.4) is 0 Å². The maximum atomic E-state index is 13.6. The van der Waals surface area contributed by atoms with E-state index in [0.717, 1.165) is 12.8 Å². The summed E-state index contributed by atoms with van der Waals surface area (Å²) in [7, 11) is 0. The van der Waals surface area contributed by atoms with Gasteiger partial charge < -0.3 is 5.32 Å².